The summed E-state index contributed by atoms with van der Waals surface area (Å²) in [5.41, 5.74) is 5.01. The highest BCUT2D eigenvalue weighted by Gasteiger charge is 2.34. The lowest BCUT2D eigenvalue weighted by atomic mass is 9.97. The number of aliphatic hydroxyl groups is 1. The van der Waals surface area contributed by atoms with E-state index in [2.05, 4.69) is 21.3 Å². The Bertz CT molecular complexity index is 969. The van der Waals surface area contributed by atoms with Crippen LogP contribution in [0.5, 0.6) is 0 Å². The van der Waals surface area contributed by atoms with Gasteiger partial charge in [0, 0.05) is 6.92 Å². The first-order chi connectivity index (χ1) is 17.9. The van der Waals surface area contributed by atoms with Gasteiger partial charge in [-0.15, -0.1) is 0 Å². The first kappa shape index (κ1) is 34.9. The van der Waals surface area contributed by atoms with Crippen LogP contribution in [-0.2, 0) is 38.4 Å². The summed E-state index contributed by atoms with van der Waals surface area (Å²) < 4.78 is 0. The number of nitrogens with one attached hydrogen (secondary N) is 5. The standard InChI is InChI=1S/C23H38N6O10/c1-7-9(2)16(27-13(6)31)21(37)29-17(12(5)30)22(38)26-11(4)20(36)25-10(3)18(34)23(39)28-14(19(24)35)8-15(32)33/h9-12,14,16-17,30H,7-8H2,1-6H3,(H2,24,35)(H,25,36)(H,26,38)(H,27,31)(H,28,39)(H,29,37)(H,32,33)/t9-,10-,11-,12+,14-,16-,17-/m0/s1. The van der Waals surface area contributed by atoms with Crippen LogP contribution in [0.1, 0.15) is 54.4 Å². The number of carboxylic acid groups (broad SMARTS) is 1. The van der Waals surface area contributed by atoms with Gasteiger partial charge in [0.25, 0.3) is 5.91 Å². The van der Waals surface area contributed by atoms with Gasteiger partial charge in [0.15, 0.2) is 0 Å². The molecule has 0 aromatic carbocycles. The predicted octanol–water partition coefficient (Wildman–Crippen LogP) is -3.57. The lowest BCUT2D eigenvalue weighted by molar-refractivity contribution is -0.143. The molecule has 0 saturated heterocycles. The summed E-state index contributed by atoms with van der Waals surface area (Å²) in [7, 11) is 0. The zero-order valence-corrected chi connectivity index (χ0v) is 22.7. The molecule has 220 valence electrons. The SMILES string of the molecule is CC[C@H](C)[C@H](NC(C)=O)C(=O)N[C@H](C(=O)N[C@@H](C)C(=O)N[C@@H](C)C(=O)C(=O)N[C@@H](CC(=O)O)C(N)=O)[C@@H](C)O. The summed E-state index contributed by atoms with van der Waals surface area (Å²) in [5.74, 6) is -8.56. The Morgan fingerprint density at radius 3 is 1.69 bits per heavy atom. The highest BCUT2D eigenvalue weighted by Crippen LogP contribution is 2.09. The van der Waals surface area contributed by atoms with E-state index in [9.17, 15) is 43.5 Å². The Hall–Kier alpha value is -4.08. The van der Waals surface area contributed by atoms with Crippen molar-refractivity contribution in [2.75, 3.05) is 0 Å². The van der Waals surface area contributed by atoms with Crippen LogP contribution in [-0.4, -0.2) is 93.7 Å². The molecule has 0 aromatic rings. The van der Waals surface area contributed by atoms with Crippen LogP contribution < -0.4 is 32.3 Å². The molecular formula is C23H38N6O10. The van der Waals surface area contributed by atoms with Crippen molar-refractivity contribution in [2.45, 2.75) is 90.7 Å². The zero-order chi connectivity index (χ0) is 30.6. The van der Waals surface area contributed by atoms with E-state index in [0.717, 1.165) is 6.92 Å². The molecule has 0 unspecified atom stereocenters. The minimum absolute atomic E-state index is 0.296. The number of rotatable bonds is 16. The maximum atomic E-state index is 12.7. The van der Waals surface area contributed by atoms with Gasteiger partial charge in [-0.1, -0.05) is 20.3 Å². The van der Waals surface area contributed by atoms with Crippen molar-refractivity contribution in [3.8, 4) is 0 Å². The fraction of sp³-hybridized carbons (Fsp3) is 0.652. The third kappa shape index (κ3) is 11.9. The van der Waals surface area contributed by atoms with Gasteiger partial charge in [-0.3, -0.25) is 38.4 Å². The number of carbonyl (C=O) groups excluding carboxylic acids is 7. The van der Waals surface area contributed by atoms with Crippen molar-refractivity contribution in [1.29, 1.82) is 0 Å². The number of Topliss-reactive ketones (excluding diaryl/α,β-unsaturated/α-hetero) is 1. The second-order valence-corrected chi connectivity index (χ2v) is 9.14. The number of aliphatic carboxylic acids is 1. The van der Waals surface area contributed by atoms with Crippen LogP contribution in [0.3, 0.4) is 0 Å². The molecule has 0 aliphatic rings. The molecule has 0 radical (unpaired) electrons. The van der Waals surface area contributed by atoms with Crippen molar-refractivity contribution in [3.63, 3.8) is 0 Å². The molecule has 7 atom stereocenters. The van der Waals surface area contributed by atoms with E-state index >= 15 is 0 Å². The van der Waals surface area contributed by atoms with Gasteiger partial charge in [-0.05, 0) is 26.7 Å². The number of amides is 6. The lowest BCUT2D eigenvalue weighted by Crippen LogP contribution is -2.60. The van der Waals surface area contributed by atoms with Crippen LogP contribution >= 0.6 is 0 Å². The molecule has 16 nitrogen and oxygen atoms in total. The summed E-state index contributed by atoms with van der Waals surface area (Å²) in [5, 5.41) is 30.0. The Kier molecular flexibility index (Phi) is 14.3. The number of hydrogen-bond donors (Lipinski definition) is 8. The van der Waals surface area contributed by atoms with Gasteiger partial charge in [0.2, 0.25) is 35.3 Å². The second kappa shape index (κ2) is 16.0. The Balaban J connectivity index is 5.27. The first-order valence-corrected chi connectivity index (χ1v) is 12.1. The average molecular weight is 559 g/mol. The maximum absolute atomic E-state index is 12.7. The molecule has 0 heterocycles. The molecule has 0 aliphatic heterocycles. The van der Waals surface area contributed by atoms with Crippen LogP contribution in [0.4, 0.5) is 0 Å². The van der Waals surface area contributed by atoms with Gasteiger partial charge in [0.1, 0.15) is 24.2 Å². The molecule has 9 N–H and O–H groups in total. The van der Waals surface area contributed by atoms with Crippen molar-refractivity contribution in [1.82, 2.24) is 26.6 Å². The molecule has 0 aromatic heterocycles. The van der Waals surface area contributed by atoms with E-state index in [-0.39, 0.29) is 5.92 Å². The van der Waals surface area contributed by atoms with E-state index in [4.69, 9.17) is 10.8 Å². The topological polar surface area (TPSA) is 263 Å². The van der Waals surface area contributed by atoms with Crippen molar-refractivity contribution in [2.24, 2.45) is 11.7 Å². The number of hydrogen-bond acceptors (Lipinski definition) is 9. The Morgan fingerprint density at radius 2 is 1.26 bits per heavy atom. The number of carbonyl (C=O) groups is 8. The average Bonchev–Trinajstić information content (AvgIpc) is 2.83. The molecule has 0 bridgehead atoms. The summed E-state index contributed by atoms with van der Waals surface area (Å²) in [6.07, 6.45) is -1.73. The Labute approximate surface area is 225 Å². The maximum Gasteiger partial charge on any atom is 0.305 e. The van der Waals surface area contributed by atoms with Gasteiger partial charge in [-0.25, -0.2) is 0 Å². The zero-order valence-electron chi connectivity index (χ0n) is 22.7. The largest absolute Gasteiger partial charge is 0.481 e. The molecule has 0 rings (SSSR count). The van der Waals surface area contributed by atoms with Crippen LogP contribution in [0.2, 0.25) is 0 Å². The minimum Gasteiger partial charge on any atom is -0.481 e. The van der Waals surface area contributed by atoms with Crippen molar-refractivity contribution < 1.29 is 48.6 Å². The molecule has 16 heteroatoms. The third-order valence-electron chi connectivity index (χ3n) is 5.67. The highest BCUT2D eigenvalue weighted by molar-refractivity contribution is 6.38. The summed E-state index contributed by atoms with van der Waals surface area (Å²) in [6, 6.07) is -6.89. The normalized spacial score (nSPS) is 16.1. The fourth-order valence-electron chi connectivity index (χ4n) is 3.17. The molecule has 39 heavy (non-hydrogen) atoms. The molecule has 0 fully saturated rings. The summed E-state index contributed by atoms with van der Waals surface area (Å²) in [6.45, 7) is 8.35. The van der Waals surface area contributed by atoms with Gasteiger partial charge >= 0.3 is 5.97 Å². The van der Waals surface area contributed by atoms with Crippen LogP contribution in [0, 0.1) is 5.92 Å². The van der Waals surface area contributed by atoms with Crippen molar-refractivity contribution >= 4 is 47.2 Å². The monoisotopic (exact) mass is 558 g/mol. The number of primary amides is 1. The molecule has 0 aliphatic carbocycles. The fourth-order valence-corrected chi connectivity index (χ4v) is 3.17. The van der Waals surface area contributed by atoms with E-state index in [1.54, 1.807) is 13.8 Å². The van der Waals surface area contributed by atoms with Gasteiger partial charge in [-0.2, -0.15) is 0 Å². The highest BCUT2D eigenvalue weighted by atomic mass is 16.4. The molecular weight excluding hydrogens is 520 g/mol. The van der Waals surface area contributed by atoms with Crippen LogP contribution in [0.15, 0.2) is 0 Å². The number of ketones is 1. The number of nitrogens with two attached hydrogens (primary N) is 1. The third-order valence-corrected chi connectivity index (χ3v) is 5.67. The lowest BCUT2D eigenvalue weighted by Gasteiger charge is -2.28. The summed E-state index contributed by atoms with van der Waals surface area (Å²) in [4.78, 5) is 95.9. The minimum atomic E-state index is -1.65. The van der Waals surface area contributed by atoms with E-state index in [1.807, 2.05) is 5.32 Å². The van der Waals surface area contributed by atoms with E-state index in [1.165, 1.54) is 20.8 Å². The Morgan fingerprint density at radius 1 is 0.744 bits per heavy atom. The number of carboxylic acids is 1. The smallest absolute Gasteiger partial charge is 0.305 e. The number of aliphatic hydroxyl groups excluding tert-OH is 1. The first-order valence-electron chi connectivity index (χ1n) is 12.1. The molecule has 0 saturated carbocycles. The molecule has 6 amide bonds. The second-order valence-electron chi connectivity index (χ2n) is 9.14. The predicted molar refractivity (Wildman–Crippen MR) is 134 cm³/mol. The van der Waals surface area contributed by atoms with Crippen molar-refractivity contribution in [3.05, 3.63) is 0 Å². The van der Waals surface area contributed by atoms with E-state index < -0.39 is 89.9 Å². The van der Waals surface area contributed by atoms with Gasteiger partial charge < -0.3 is 42.5 Å². The quantitative estimate of drug-likeness (QED) is 0.0863. The molecule has 0 spiro atoms. The van der Waals surface area contributed by atoms with E-state index in [0.29, 0.717) is 6.42 Å². The van der Waals surface area contributed by atoms with Gasteiger partial charge in [0.05, 0.1) is 18.6 Å². The summed E-state index contributed by atoms with van der Waals surface area (Å²) >= 11 is 0. The van der Waals surface area contributed by atoms with Crippen LogP contribution in [0.25, 0.3) is 0 Å².